The largest absolute Gasteiger partial charge is 0.490 e. The lowest BCUT2D eigenvalue weighted by atomic mass is 10.1. The molecule has 0 radical (unpaired) electrons. The van der Waals surface area contributed by atoms with E-state index in [2.05, 4.69) is 22.6 Å². The van der Waals surface area contributed by atoms with Crippen molar-refractivity contribution in [3.05, 3.63) is 61.0 Å². The van der Waals surface area contributed by atoms with Crippen molar-refractivity contribution in [2.24, 2.45) is 0 Å². The molecule has 9 heteroatoms. The molecule has 2 aliphatic heterocycles. The third-order valence-electron chi connectivity index (χ3n) is 5.24. The van der Waals surface area contributed by atoms with Crippen LogP contribution in [-0.4, -0.2) is 41.0 Å². The van der Waals surface area contributed by atoms with E-state index in [1.165, 1.54) is 11.8 Å². The predicted octanol–water partition coefficient (Wildman–Crippen LogP) is 6.30. The smallest absolute Gasteiger partial charge is 0.266 e. The number of thioether (sulfide) groups is 1. The number of carbonyl (C=O) groups is 1. The number of carbonyl (C=O) groups excluding carboxylic acids is 1. The fraction of sp³-hybridized carbons (Fsp3) is 0.333. The fourth-order valence-corrected chi connectivity index (χ4v) is 5.89. The number of benzene rings is 2. The van der Waals surface area contributed by atoms with Gasteiger partial charge in [-0.15, -0.1) is 0 Å². The Labute approximate surface area is 221 Å². The summed E-state index contributed by atoms with van der Waals surface area (Å²) >= 11 is 15.3. The van der Waals surface area contributed by atoms with Crippen molar-refractivity contribution in [2.45, 2.75) is 32.5 Å². The molecule has 2 fully saturated rings. The van der Waals surface area contributed by atoms with E-state index in [4.69, 9.17) is 38.0 Å². The van der Waals surface area contributed by atoms with Crippen molar-refractivity contribution in [1.29, 1.82) is 0 Å². The zero-order valence-electron chi connectivity index (χ0n) is 18.0. The van der Waals surface area contributed by atoms with Gasteiger partial charge in [0.25, 0.3) is 5.91 Å². The number of amides is 1. The maximum atomic E-state index is 13.0. The fourth-order valence-electron chi connectivity index (χ4n) is 3.64. The van der Waals surface area contributed by atoms with Crippen molar-refractivity contribution in [3.8, 4) is 11.5 Å². The Morgan fingerprint density at radius 1 is 1.33 bits per heavy atom. The second kappa shape index (κ2) is 11.4. The summed E-state index contributed by atoms with van der Waals surface area (Å²) in [6.45, 7) is 4.01. The SMILES string of the molecule is CCOc1cc(/C=C2\SC(=S)N(C[C@H]3CCCO3)C2=O)cc(I)c1OCc1ccccc1Cl. The van der Waals surface area contributed by atoms with Crippen molar-refractivity contribution in [1.82, 2.24) is 4.90 Å². The van der Waals surface area contributed by atoms with Crippen molar-refractivity contribution in [2.75, 3.05) is 19.8 Å². The van der Waals surface area contributed by atoms with Gasteiger partial charge in [-0.2, -0.15) is 0 Å². The Hall–Kier alpha value is -1.33. The van der Waals surface area contributed by atoms with Crippen LogP contribution in [0.2, 0.25) is 5.02 Å². The summed E-state index contributed by atoms with van der Waals surface area (Å²) in [5, 5.41) is 0.659. The molecule has 0 aromatic heterocycles. The number of nitrogens with zero attached hydrogens (tertiary/aromatic N) is 1. The topological polar surface area (TPSA) is 48.0 Å². The van der Waals surface area contributed by atoms with E-state index < -0.39 is 0 Å². The molecule has 0 saturated carbocycles. The van der Waals surface area contributed by atoms with Crippen LogP contribution in [0.1, 0.15) is 30.9 Å². The van der Waals surface area contributed by atoms with Crippen LogP contribution >= 0.6 is 58.2 Å². The summed E-state index contributed by atoms with van der Waals surface area (Å²) in [5.41, 5.74) is 1.75. The number of hydrogen-bond acceptors (Lipinski definition) is 6. The molecule has 5 nitrogen and oxygen atoms in total. The molecule has 0 N–H and O–H groups in total. The molecule has 174 valence electrons. The van der Waals surface area contributed by atoms with Gasteiger partial charge < -0.3 is 14.2 Å². The van der Waals surface area contributed by atoms with Crippen LogP contribution in [0.25, 0.3) is 6.08 Å². The Morgan fingerprint density at radius 3 is 2.88 bits per heavy atom. The number of halogens is 2. The third-order valence-corrected chi connectivity index (χ3v) is 7.79. The quantitative estimate of drug-likeness (QED) is 0.197. The predicted molar refractivity (Wildman–Crippen MR) is 145 cm³/mol. The van der Waals surface area contributed by atoms with Gasteiger partial charge >= 0.3 is 0 Å². The number of rotatable bonds is 8. The molecule has 2 aliphatic rings. The monoisotopic (exact) mass is 615 g/mol. The maximum absolute atomic E-state index is 13.0. The van der Waals surface area contributed by atoms with Crippen molar-refractivity contribution >= 4 is 74.5 Å². The highest BCUT2D eigenvalue weighted by Gasteiger charge is 2.34. The maximum Gasteiger partial charge on any atom is 0.266 e. The first-order valence-corrected chi connectivity index (χ1v) is 13.3. The highest BCUT2D eigenvalue weighted by Crippen LogP contribution is 2.38. The van der Waals surface area contributed by atoms with E-state index >= 15 is 0 Å². The lowest BCUT2D eigenvalue weighted by molar-refractivity contribution is -0.123. The normalized spacial score (nSPS) is 19.5. The van der Waals surface area contributed by atoms with E-state index in [0.717, 1.165) is 34.1 Å². The van der Waals surface area contributed by atoms with Gasteiger partial charge in [0, 0.05) is 17.2 Å². The molecule has 2 aromatic carbocycles. The molecule has 2 aromatic rings. The van der Waals surface area contributed by atoms with E-state index in [1.54, 1.807) is 4.90 Å². The first-order chi connectivity index (χ1) is 16.0. The van der Waals surface area contributed by atoms with E-state index in [1.807, 2.05) is 49.4 Å². The van der Waals surface area contributed by atoms with Crippen LogP contribution in [0, 0.1) is 3.57 Å². The van der Waals surface area contributed by atoms with Gasteiger partial charge in [-0.25, -0.2) is 0 Å². The Morgan fingerprint density at radius 2 is 2.15 bits per heavy atom. The number of ether oxygens (including phenoxy) is 3. The minimum absolute atomic E-state index is 0.0619. The Balaban J connectivity index is 1.54. The third kappa shape index (κ3) is 6.03. The molecular formula is C24H23ClINO4S2. The summed E-state index contributed by atoms with van der Waals surface area (Å²) in [6.07, 6.45) is 3.91. The lowest BCUT2D eigenvalue weighted by Crippen LogP contribution is -2.35. The van der Waals surface area contributed by atoms with Crippen LogP contribution in [-0.2, 0) is 16.1 Å². The zero-order valence-corrected chi connectivity index (χ0v) is 22.6. The summed E-state index contributed by atoms with van der Waals surface area (Å²) in [4.78, 5) is 15.2. The van der Waals surface area contributed by atoms with E-state index in [0.29, 0.717) is 45.5 Å². The number of hydrogen-bond donors (Lipinski definition) is 0. The van der Waals surface area contributed by atoms with Gasteiger partial charge in [0.15, 0.2) is 11.5 Å². The van der Waals surface area contributed by atoms with Gasteiger partial charge in [0.2, 0.25) is 0 Å². The van der Waals surface area contributed by atoms with Gasteiger partial charge in [-0.3, -0.25) is 9.69 Å². The van der Waals surface area contributed by atoms with Crippen LogP contribution in [0.5, 0.6) is 11.5 Å². The van der Waals surface area contributed by atoms with Crippen LogP contribution < -0.4 is 9.47 Å². The first-order valence-electron chi connectivity index (χ1n) is 10.7. The second-order valence-electron chi connectivity index (χ2n) is 7.57. The highest BCUT2D eigenvalue weighted by atomic mass is 127. The highest BCUT2D eigenvalue weighted by molar-refractivity contribution is 14.1. The average molecular weight is 616 g/mol. The molecule has 2 saturated heterocycles. The minimum Gasteiger partial charge on any atom is -0.490 e. The van der Waals surface area contributed by atoms with Crippen molar-refractivity contribution < 1.29 is 19.0 Å². The van der Waals surface area contributed by atoms with E-state index in [9.17, 15) is 4.79 Å². The van der Waals surface area contributed by atoms with E-state index in [-0.39, 0.29) is 12.0 Å². The van der Waals surface area contributed by atoms with Gasteiger partial charge in [0.05, 0.1) is 27.7 Å². The molecule has 1 atom stereocenters. The minimum atomic E-state index is -0.0764. The summed E-state index contributed by atoms with van der Waals surface area (Å²) < 4.78 is 19.1. The molecule has 1 amide bonds. The van der Waals surface area contributed by atoms with Crippen LogP contribution in [0.4, 0.5) is 0 Å². The average Bonchev–Trinajstić information content (AvgIpc) is 3.39. The lowest BCUT2D eigenvalue weighted by Gasteiger charge is -2.18. The molecule has 2 heterocycles. The Bertz CT molecular complexity index is 1090. The second-order valence-corrected chi connectivity index (χ2v) is 10.8. The molecule has 4 rings (SSSR count). The van der Waals surface area contributed by atoms with Crippen molar-refractivity contribution in [3.63, 3.8) is 0 Å². The molecule has 0 unspecified atom stereocenters. The van der Waals surface area contributed by atoms with Crippen LogP contribution in [0.15, 0.2) is 41.3 Å². The summed E-state index contributed by atoms with van der Waals surface area (Å²) in [5.74, 6) is 1.20. The zero-order chi connectivity index (χ0) is 23.4. The van der Waals surface area contributed by atoms with Gasteiger partial charge in [0.1, 0.15) is 10.9 Å². The molecule has 33 heavy (non-hydrogen) atoms. The van der Waals surface area contributed by atoms with Crippen LogP contribution in [0.3, 0.4) is 0 Å². The van der Waals surface area contributed by atoms with Gasteiger partial charge in [-0.1, -0.05) is 53.8 Å². The first kappa shape index (κ1) is 24.8. The molecule has 0 bridgehead atoms. The standard InChI is InChI=1S/C24H23ClINO4S2/c1-2-29-20-11-15(10-19(26)22(20)31-14-16-6-3-4-8-18(16)25)12-21-23(28)27(24(32)33-21)13-17-7-5-9-30-17/h3-4,6,8,10-12,17H,2,5,7,9,13-14H2,1H3/b21-12-/t17-/m1/s1. The molecule has 0 aliphatic carbocycles. The Kier molecular flexibility index (Phi) is 8.56. The number of thiocarbonyl (C=S) groups is 1. The van der Waals surface area contributed by atoms with Gasteiger partial charge in [-0.05, 0) is 72.2 Å². The summed E-state index contributed by atoms with van der Waals surface area (Å²) in [7, 11) is 0. The molecule has 0 spiro atoms. The molecular weight excluding hydrogens is 593 g/mol. The summed E-state index contributed by atoms with van der Waals surface area (Å²) in [6, 6.07) is 11.4.